The van der Waals surface area contributed by atoms with Crippen molar-refractivity contribution in [3.8, 4) is 11.8 Å². The first-order valence-corrected chi connectivity index (χ1v) is 9.87. The van der Waals surface area contributed by atoms with Crippen LogP contribution < -0.4 is 10.1 Å². The number of hydrogen-bond acceptors (Lipinski definition) is 4. The van der Waals surface area contributed by atoms with E-state index >= 15 is 8.78 Å². The van der Waals surface area contributed by atoms with E-state index in [4.69, 9.17) is 10.00 Å². The molecule has 2 N–H and O–H groups in total. The summed E-state index contributed by atoms with van der Waals surface area (Å²) < 4.78 is 35.4. The lowest BCUT2D eigenvalue weighted by molar-refractivity contribution is 0.0968. The van der Waals surface area contributed by atoms with E-state index in [2.05, 4.69) is 10.3 Å². The van der Waals surface area contributed by atoms with Gasteiger partial charge in [0.2, 0.25) is 0 Å². The predicted octanol–water partition coefficient (Wildman–Crippen LogP) is 5.56. The smallest absolute Gasteiger partial charge is 0.191 e. The highest BCUT2D eigenvalue weighted by molar-refractivity contribution is 6.11. The molecular weight excluding hydrogens is 412 g/mol. The van der Waals surface area contributed by atoms with Gasteiger partial charge in [-0.3, -0.25) is 4.79 Å². The minimum Gasteiger partial charge on any atom is -0.497 e. The summed E-state index contributed by atoms with van der Waals surface area (Å²) in [6.07, 6.45) is 1.39. The zero-order valence-electron chi connectivity index (χ0n) is 17.2. The fourth-order valence-electron chi connectivity index (χ4n) is 3.69. The number of aromatic amines is 1. The molecule has 1 aromatic heterocycles. The second kappa shape index (κ2) is 8.90. The Hall–Kier alpha value is -4.18. The zero-order chi connectivity index (χ0) is 22.7. The standard InChI is InChI=1S/C25H19F2N3O2/c1-32-17-6-4-5-16(13-17)30-24(23-20(26)11-15(9-10-28)12-21(23)27)25(31)19-14-29-22-8-3-2-7-18(19)22/h2-8,11-14,24,29-30H,9H2,1H3. The highest BCUT2D eigenvalue weighted by Gasteiger charge is 2.30. The summed E-state index contributed by atoms with van der Waals surface area (Å²) in [6, 6.07) is 16.6. The van der Waals surface area contributed by atoms with Gasteiger partial charge in [0.25, 0.3) is 0 Å². The molecule has 32 heavy (non-hydrogen) atoms. The number of para-hydroxylation sites is 1. The Balaban J connectivity index is 1.83. The fraction of sp³-hybridized carbons (Fsp3) is 0.120. The highest BCUT2D eigenvalue weighted by atomic mass is 19.1. The SMILES string of the molecule is COc1cccc(NC(C(=O)c2c[nH]c3ccccc23)c2c(F)cc(CC#N)cc2F)c1. The average Bonchev–Trinajstić information content (AvgIpc) is 3.22. The molecular formula is C25H19F2N3O2. The van der Waals surface area contributed by atoms with Crippen molar-refractivity contribution in [1.82, 2.24) is 4.98 Å². The van der Waals surface area contributed by atoms with E-state index in [1.807, 2.05) is 18.2 Å². The third kappa shape index (κ3) is 4.03. The average molecular weight is 431 g/mol. The van der Waals surface area contributed by atoms with Crippen molar-refractivity contribution in [2.24, 2.45) is 0 Å². The van der Waals surface area contributed by atoms with Crippen LogP contribution in [0.3, 0.4) is 0 Å². The number of nitrogens with one attached hydrogen (secondary N) is 2. The van der Waals surface area contributed by atoms with Crippen LogP contribution in [-0.2, 0) is 6.42 Å². The van der Waals surface area contributed by atoms with Crippen molar-refractivity contribution in [2.45, 2.75) is 12.5 Å². The number of H-pyrrole nitrogens is 1. The molecule has 7 heteroatoms. The molecule has 0 saturated carbocycles. The number of ketones is 1. The lowest BCUT2D eigenvalue weighted by atomic mass is 9.94. The van der Waals surface area contributed by atoms with E-state index in [0.717, 1.165) is 17.6 Å². The number of benzene rings is 3. The molecule has 0 aliphatic carbocycles. The molecule has 0 amide bonds. The number of rotatable bonds is 7. The van der Waals surface area contributed by atoms with Crippen LogP contribution in [0.2, 0.25) is 0 Å². The van der Waals surface area contributed by atoms with Crippen molar-refractivity contribution in [1.29, 1.82) is 5.26 Å². The molecule has 4 rings (SSSR count). The Bertz CT molecular complexity index is 1320. The summed E-state index contributed by atoms with van der Waals surface area (Å²) in [5.41, 5.74) is 1.29. The van der Waals surface area contributed by atoms with Gasteiger partial charge in [-0.2, -0.15) is 5.26 Å². The van der Waals surface area contributed by atoms with Crippen molar-refractivity contribution in [3.63, 3.8) is 0 Å². The van der Waals surface area contributed by atoms with Crippen LogP contribution in [0, 0.1) is 23.0 Å². The van der Waals surface area contributed by atoms with Gasteiger partial charge in [0, 0.05) is 34.4 Å². The number of fused-ring (bicyclic) bond motifs is 1. The Morgan fingerprint density at radius 1 is 1.12 bits per heavy atom. The number of nitrogens with zero attached hydrogens (tertiary/aromatic N) is 1. The van der Waals surface area contributed by atoms with Crippen LogP contribution in [0.15, 0.2) is 66.9 Å². The largest absolute Gasteiger partial charge is 0.497 e. The maximum atomic E-state index is 15.1. The van der Waals surface area contributed by atoms with Gasteiger partial charge >= 0.3 is 0 Å². The molecule has 0 fully saturated rings. The maximum absolute atomic E-state index is 15.1. The van der Waals surface area contributed by atoms with Gasteiger partial charge in [0.05, 0.1) is 25.2 Å². The van der Waals surface area contributed by atoms with Crippen molar-refractivity contribution in [3.05, 3.63) is 95.2 Å². The number of hydrogen-bond donors (Lipinski definition) is 2. The third-order valence-electron chi connectivity index (χ3n) is 5.21. The summed E-state index contributed by atoms with van der Waals surface area (Å²) in [5.74, 6) is -1.78. The summed E-state index contributed by atoms with van der Waals surface area (Å²) in [5, 5.41) is 12.5. The van der Waals surface area contributed by atoms with Crippen LogP contribution >= 0.6 is 0 Å². The molecule has 0 radical (unpaired) electrons. The van der Waals surface area contributed by atoms with Gasteiger partial charge in [0.15, 0.2) is 5.78 Å². The number of aromatic nitrogens is 1. The normalized spacial score (nSPS) is 11.7. The van der Waals surface area contributed by atoms with Crippen molar-refractivity contribution in [2.75, 3.05) is 12.4 Å². The first kappa shape index (κ1) is 21.1. The molecule has 1 unspecified atom stereocenters. The Kier molecular flexibility index (Phi) is 5.86. The van der Waals surface area contributed by atoms with Crippen molar-refractivity contribution >= 4 is 22.4 Å². The number of halogens is 2. The summed E-state index contributed by atoms with van der Waals surface area (Å²) >= 11 is 0. The van der Waals surface area contributed by atoms with Gasteiger partial charge in [-0.1, -0.05) is 24.3 Å². The Morgan fingerprint density at radius 3 is 2.59 bits per heavy atom. The van der Waals surface area contributed by atoms with Crippen molar-refractivity contribution < 1.29 is 18.3 Å². The lowest BCUT2D eigenvalue weighted by Crippen LogP contribution is -2.24. The first-order valence-electron chi connectivity index (χ1n) is 9.87. The number of methoxy groups -OCH3 is 1. The maximum Gasteiger partial charge on any atom is 0.191 e. The van der Waals surface area contributed by atoms with Gasteiger partial charge in [0.1, 0.15) is 23.4 Å². The molecule has 1 heterocycles. The summed E-state index contributed by atoms with van der Waals surface area (Å²) in [7, 11) is 1.50. The minimum absolute atomic E-state index is 0.140. The number of ether oxygens (including phenoxy) is 1. The van der Waals surface area contributed by atoms with Gasteiger partial charge in [-0.05, 0) is 35.9 Å². The zero-order valence-corrected chi connectivity index (χ0v) is 17.2. The van der Waals surface area contributed by atoms with E-state index in [0.29, 0.717) is 22.4 Å². The van der Waals surface area contributed by atoms with Gasteiger partial charge in [-0.25, -0.2) is 8.78 Å². The second-order valence-corrected chi connectivity index (χ2v) is 7.23. The van der Waals surface area contributed by atoms with Crippen LogP contribution in [0.4, 0.5) is 14.5 Å². The summed E-state index contributed by atoms with van der Waals surface area (Å²) in [4.78, 5) is 16.6. The Labute approximate surface area is 183 Å². The van der Waals surface area contributed by atoms with Crippen LogP contribution in [-0.4, -0.2) is 17.9 Å². The molecule has 0 bridgehead atoms. The highest BCUT2D eigenvalue weighted by Crippen LogP contribution is 2.32. The van der Waals surface area contributed by atoms with Crippen LogP contribution in [0.5, 0.6) is 5.75 Å². The molecule has 160 valence electrons. The molecule has 0 aliphatic heterocycles. The minimum atomic E-state index is -1.35. The fourth-order valence-corrected chi connectivity index (χ4v) is 3.69. The topological polar surface area (TPSA) is 77.9 Å². The van der Waals surface area contributed by atoms with Crippen LogP contribution in [0.25, 0.3) is 10.9 Å². The number of anilines is 1. The van der Waals surface area contributed by atoms with Gasteiger partial charge < -0.3 is 15.0 Å². The number of nitriles is 1. The molecule has 4 aromatic rings. The molecule has 0 saturated heterocycles. The van der Waals surface area contributed by atoms with Gasteiger partial charge in [-0.15, -0.1) is 0 Å². The van der Waals surface area contributed by atoms with E-state index in [-0.39, 0.29) is 12.0 Å². The summed E-state index contributed by atoms with van der Waals surface area (Å²) in [6.45, 7) is 0. The monoisotopic (exact) mass is 431 g/mol. The third-order valence-corrected chi connectivity index (χ3v) is 5.21. The van der Waals surface area contributed by atoms with E-state index in [1.165, 1.54) is 13.3 Å². The second-order valence-electron chi connectivity index (χ2n) is 7.23. The van der Waals surface area contributed by atoms with E-state index < -0.39 is 29.0 Å². The molecule has 0 aliphatic rings. The first-order chi connectivity index (χ1) is 15.5. The molecule has 1 atom stereocenters. The van der Waals surface area contributed by atoms with E-state index in [9.17, 15) is 4.79 Å². The van der Waals surface area contributed by atoms with E-state index in [1.54, 1.807) is 36.4 Å². The lowest BCUT2D eigenvalue weighted by Gasteiger charge is -2.21. The predicted molar refractivity (Wildman–Crippen MR) is 118 cm³/mol. The molecule has 3 aromatic carbocycles. The quantitative estimate of drug-likeness (QED) is 0.376. The van der Waals surface area contributed by atoms with Crippen LogP contribution in [0.1, 0.15) is 27.5 Å². The molecule has 5 nitrogen and oxygen atoms in total. The molecule has 0 spiro atoms. The number of carbonyl (C=O) groups is 1. The Morgan fingerprint density at radius 2 is 1.88 bits per heavy atom. The number of carbonyl (C=O) groups excluding carboxylic acids is 1. The number of Topliss-reactive ketones (excluding diaryl/α,β-unsaturated/α-hetero) is 1.